The molecule has 2 aliphatic rings. The molecule has 8 nitrogen and oxygen atoms in total. The number of ether oxygens (including phenoxy) is 2. The Kier molecular flexibility index (Phi) is 6.28. The van der Waals surface area contributed by atoms with E-state index >= 15 is 0 Å². The molecule has 0 spiro atoms. The first kappa shape index (κ1) is 23.5. The Balaban J connectivity index is 1.22. The number of halogens is 1. The molecule has 2 unspecified atom stereocenters. The van der Waals surface area contributed by atoms with E-state index in [2.05, 4.69) is 43.4 Å². The standard InChI is InChI=1S/C28H26ClN5O3/c1-17(22-14-26(29)32-16-31-22)33-20-7-8-24-19(13-20)12-18-4-2-5-21(27(18)37-24)25-15-34(10-11-36-25)23-6-3-9-30-28(23)35/h2-9,13-14,16-17,25,33H,10-12,15H2,1H3,(H,30,35). The van der Waals surface area contributed by atoms with E-state index in [1.807, 2.05) is 37.3 Å². The Labute approximate surface area is 219 Å². The largest absolute Gasteiger partial charge is 0.456 e. The van der Waals surface area contributed by atoms with Crippen LogP contribution in [-0.4, -0.2) is 34.6 Å². The van der Waals surface area contributed by atoms with Crippen molar-refractivity contribution >= 4 is 23.0 Å². The van der Waals surface area contributed by atoms with Gasteiger partial charge in [0, 0.05) is 42.5 Å². The number of morpholine rings is 1. The SMILES string of the molecule is CC(Nc1ccc2c(c1)Cc1cccc(C3CN(c4ccc[nH]c4=O)CCO3)c1O2)c1cc(Cl)ncn1. The van der Waals surface area contributed by atoms with Gasteiger partial charge in [0.1, 0.15) is 34.8 Å². The highest BCUT2D eigenvalue weighted by molar-refractivity contribution is 6.29. The molecule has 2 aromatic heterocycles. The lowest BCUT2D eigenvalue weighted by molar-refractivity contribution is 0.0383. The number of rotatable bonds is 5. The first-order valence-corrected chi connectivity index (χ1v) is 12.6. The number of H-pyrrole nitrogens is 1. The van der Waals surface area contributed by atoms with Crippen LogP contribution in [0.4, 0.5) is 11.4 Å². The molecule has 0 aliphatic carbocycles. The van der Waals surface area contributed by atoms with E-state index in [1.165, 1.54) is 6.33 Å². The van der Waals surface area contributed by atoms with Crippen molar-refractivity contribution in [1.29, 1.82) is 0 Å². The first-order valence-electron chi connectivity index (χ1n) is 12.3. The van der Waals surface area contributed by atoms with Crippen molar-refractivity contribution in [3.05, 3.63) is 105 Å². The number of aromatic amines is 1. The maximum Gasteiger partial charge on any atom is 0.271 e. The summed E-state index contributed by atoms with van der Waals surface area (Å²) in [6.45, 7) is 3.81. The predicted molar refractivity (Wildman–Crippen MR) is 143 cm³/mol. The third-order valence-corrected chi connectivity index (χ3v) is 7.02. The smallest absolute Gasteiger partial charge is 0.271 e. The summed E-state index contributed by atoms with van der Waals surface area (Å²) in [4.78, 5) is 25.5. The fraction of sp³-hybridized carbons (Fsp3) is 0.250. The van der Waals surface area contributed by atoms with E-state index in [0.29, 0.717) is 30.5 Å². The lowest BCUT2D eigenvalue weighted by Gasteiger charge is -2.35. The third kappa shape index (κ3) is 4.77. The number of anilines is 2. The second-order valence-electron chi connectivity index (χ2n) is 9.26. The molecule has 1 saturated heterocycles. The van der Waals surface area contributed by atoms with Crippen LogP contribution in [0.25, 0.3) is 0 Å². The van der Waals surface area contributed by atoms with Crippen molar-refractivity contribution in [2.45, 2.75) is 25.5 Å². The Morgan fingerprint density at radius 3 is 2.92 bits per heavy atom. The second kappa shape index (κ2) is 9.88. The number of pyridine rings is 1. The number of benzene rings is 2. The molecule has 0 saturated carbocycles. The van der Waals surface area contributed by atoms with Gasteiger partial charge >= 0.3 is 0 Å². The molecule has 188 valence electrons. The molecule has 9 heteroatoms. The van der Waals surface area contributed by atoms with Crippen LogP contribution in [0.5, 0.6) is 11.5 Å². The highest BCUT2D eigenvalue weighted by Gasteiger charge is 2.29. The molecule has 4 aromatic rings. The number of aromatic nitrogens is 3. The fourth-order valence-corrected chi connectivity index (χ4v) is 5.13. The highest BCUT2D eigenvalue weighted by Crippen LogP contribution is 2.43. The van der Waals surface area contributed by atoms with Crippen LogP contribution in [0.3, 0.4) is 0 Å². The normalized spacial score (nSPS) is 17.4. The van der Waals surface area contributed by atoms with Gasteiger partial charge in [-0.3, -0.25) is 4.79 Å². The number of nitrogens with zero attached hydrogens (tertiary/aromatic N) is 3. The molecule has 2 atom stereocenters. The first-order chi connectivity index (χ1) is 18.0. The minimum absolute atomic E-state index is 0.0369. The Hall–Kier alpha value is -3.88. The van der Waals surface area contributed by atoms with Gasteiger partial charge in [-0.1, -0.05) is 29.8 Å². The maximum atomic E-state index is 12.3. The zero-order chi connectivity index (χ0) is 25.4. The molecule has 1 fully saturated rings. The lowest BCUT2D eigenvalue weighted by atomic mass is 9.95. The van der Waals surface area contributed by atoms with Gasteiger partial charge in [-0.2, -0.15) is 0 Å². The zero-order valence-electron chi connectivity index (χ0n) is 20.3. The van der Waals surface area contributed by atoms with Crippen molar-refractivity contribution in [3.8, 4) is 11.5 Å². The summed E-state index contributed by atoms with van der Waals surface area (Å²) in [6, 6.07) is 17.7. The molecule has 0 bridgehead atoms. The molecule has 37 heavy (non-hydrogen) atoms. The summed E-state index contributed by atoms with van der Waals surface area (Å²) in [5.74, 6) is 1.67. The summed E-state index contributed by atoms with van der Waals surface area (Å²) in [5, 5.41) is 3.91. The Morgan fingerprint density at radius 1 is 1.14 bits per heavy atom. The van der Waals surface area contributed by atoms with Crippen LogP contribution in [0.1, 0.15) is 41.5 Å². The number of hydrogen-bond donors (Lipinski definition) is 2. The zero-order valence-corrected chi connectivity index (χ0v) is 21.0. The van der Waals surface area contributed by atoms with E-state index in [-0.39, 0.29) is 17.7 Å². The molecular formula is C28H26ClN5O3. The van der Waals surface area contributed by atoms with E-state index in [0.717, 1.165) is 46.0 Å². The lowest BCUT2D eigenvalue weighted by Crippen LogP contribution is -2.41. The van der Waals surface area contributed by atoms with Crippen LogP contribution in [0, 0.1) is 0 Å². The van der Waals surface area contributed by atoms with Crippen LogP contribution in [0.2, 0.25) is 5.15 Å². The highest BCUT2D eigenvalue weighted by atomic mass is 35.5. The van der Waals surface area contributed by atoms with Crippen molar-refractivity contribution in [2.75, 3.05) is 29.9 Å². The fourth-order valence-electron chi connectivity index (χ4n) is 4.97. The van der Waals surface area contributed by atoms with Gasteiger partial charge < -0.3 is 24.7 Å². The minimum atomic E-state index is -0.202. The molecule has 6 rings (SSSR count). The van der Waals surface area contributed by atoms with Crippen LogP contribution >= 0.6 is 11.6 Å². The third-order valence-electron chi connectivity index (χ3n) is 6.81. The molecule has 2 N–H and O–H groups in total. The quantitative estimate of drug-likeness (QED) is 0.308. The molecule has 4 heterocycles. The minimum Gasteiger partial charge on any atom is -0.456 e. The summed E-state index contributed by atoms with van der Waals surface area (Å²) in [6.07, 6.45) is 3.66. The van der Waals surface area contributed by atoms with Crippen molar-refractivity contribution < 1.29 is 9.47 Å². The van der Waals surface area contributed by atoms with E-state index in [1.54, 1.807) is 12.3 Å². The number of hydrogen-bond acceptors (Lipinski definition) is 7. The van der Waals surface area contributed by atoms with Gasteiger partial charge in [-0.25, -0.2) is 9.97 Å². The Bertz CT molecular complexity index is 1510. The van der Waals surface area contributed by atoms with Crippen molar-refractivity contribution in [2.24, 2.45) is 0 Å². The number of fused-ring (bicyclic) bond motifs is 2. The molecule has 2 aliphatic heterocycles. The second-order valence-corrected chi connectivity index (χ2v) is 9.65. The van der Waals surface area contributed by atoms with E-state index in [9.17, 15) is 4.79 Å². The van der Waals surface area contributed by atoms with Crippen LogP contribution < -0.4 is 20.5 Å². The van der Waals surface area contributed by atoms with Gasteiger partial charge in [0.2, 0.25) is 0 Å². The van der Waals surface area contributed by atoms with Gasteiger partial charge in [0.05, 0.1) is 18.3 Å². The molecule has 2 aromatic carbocycles. The topological polar surface area (TPSA) is 92.4 Å². The van der Waals surface area contributed by atoms with E-state index < -0.39 is 0 Å². The van der Waals surface area contributed by atoms with Crippen LogP contribution in [0.15, 0.2) is 71.9 Å². The summed E-state index contributed by atoms with van der Waals surface area (Å²) in [7, 11) is 0. The number of nitrogens with one attached hydrogen (secondary N) is 2. The summed E-state index contributed by atoms with van der Waals surface area (Å²) >= 11 is 6.03. The van der Waals surface area contributed by atoms with Crippen molar-refractivity contribution in [1.82, 2.24) is 15.0 Å². The molecule has 0 amide bonds. The van der Waals surface area contributed by atoms with Gasteiger partial charge in [0.15, 0.2) is 0 Å². The van der Waals surface area contributed by atoms with E-state index in [4.69, 9.17) is 21.1 Å². The maximum absolute atomic E-state index is 12.3. The summed E-state index contributed by atoms with van der Waals surface area (Å²) < 4.78 is 12.6. The van der Waals surface area contributed by atoms with Gasteiger partial charge in [-0.05, 0) is 48.9 Å². The molecular weight excluding hydrogens is 490 g/mol. The average molecular weight is 516 g/mol. The average Bonchev–Trinajstić information content (AvgIpc) is 2.92. The van der Waals surface area contributed by atoms with Gasteiger partial charge in [0.25, 0.3) is 5.56 Å². The monoisotopic (exact) mass is 515 g/mol. The Morgan fingerprint density at radius 2 is 2.05 bits per heavy atom. The molecule has 0 radical (unpaired) electrons. The predicted octanol–water partition coefficient (Wildman–Crippen LogP) is 5.27. The van der Waals surface area contributed by atoms with Crippen molar-refractivity contribution in [3.63, 3.8) is 0 Å². The van der Waals surface area contributed by atoms with Gasteiger partial charge in [-0.15, -0.1) is 0 Å². The number of para-hydroxylation sites is 1. The summed E-state index contributed by atoms with van der Waals surface area (Å²) in [5.41, 5.74) is 5.57. The van der Waals surface area contributed by atoms with Crippen LogP contribution in [-0.2, 0) is 11.2 Å².